The molecule has 1 aromatic carbocycles. The van der Waals surface area contributed by atoms with E-state index >= 15 is 0 Å². The van der Waals surface area contributed by atoms with Crippen molar-refractivity contribution in [2.45, 2.75) is 82.8 Å². The van der Waals surface area contributed by atoms with Gasteiger partial charge in [-0.1, -0.05) is 24.3 Å². The van der Waals surface area contributed by atoms with Crippen LogP contribution < -0.4 is 0 Å². The van der Waals surface area contributed by atoms with E-state index in [0.29, 0.717) is 23.3 Å². The molecule has 3 saturated heterocycles. The van der Waals surface area contributed by atoms with Crippen LogP contribution in [0.2, 0.25) is 0 Å². The van der Waals surface area contributed by atoms with Crippen molar-refractivity contribution in [1.29, 1.82) is 0 Å². The van der Waals surface area contributed by atoms with E-state index in [1.54, 1.807) is 11.1 Å². The highest BCUT2D eigenvalue weighted by Crippen LogP contribution is 2.48. The highest BCUT2D eigenvalue weighted by Gasteiger charge is 2.51. The second kappa shape index (κ2) is 8.64. The van der Waals surface area contributed by atoms with Crippen molar-refractivity contribution in [3.63, 3.8) is 0 Å². The first-order chi connectivity index (χ1) is 15.3. The second-order valence-electron chi connectivity index (χ2n) is 11.7. The summed E-state index contributed by atoms with van der Waals surface area (Å²) in [5.41, 5.74) is 3.05. The van der Waals surface area contributed by atoms with E-state index in [9.17, 15) is 4.79 Å². The molecule has 1 spiro atoms. The van der Waals surface area contributed by atoms with Gasteiger partial charge in [0.1, 0.15) is 5.60 Å². The van der Waals surface area contributed by atoms with Gasteiger partial charge in [0.05, 0.1) is 6.61 Å². The Balaban J connectivity index is 1.13. The minimum absolute atomic E-state index is 0.140. The Labute approximate surface area is 193 Å². The Morgan fingerprint density at radius 2 is 1.72 bits per heavy atom. The molecule has 0 radical (unpaired) electrons. The van der Waals surface area contributed by atoms with Crippen LogP contribution in [0.15, 0.2) is 24.3 Å². The number of piperidine rings is 1. The van der Waals surface area contributed by atoms with Gasteiger partial charge in [0.25, 0.3) is 0 Å². The summed E-state index contributed by atoms with van der Waals surface area (Å²) in [6, 6.07) is 9.82. The Kier molecular flexibility index (Phi) is 6.00. The lowest BCUT2D eigenvalue weighted by atomic mass is 9.78. The van der Waals surface area contributed by atoms with Gasteiger partial charge < -0.3 is 19.3 Å². The van der Waals surface area contributed by atoms with E-state index in [1.807, 2.05) is 25.7 Å². The summed E-state index contributed by atoms with van der Waals surface area (Å²) in [7, 11) is 0. The molecule has 3 heterocycles. The first-order valence-corrected chi connectivity index (χ1v) is 12.7. The average molecular weight is 441 g/mol. The normalized spacial score (nSPS) is 28.8. The van der Waals surface area contributed by atoms with Gasteiger partial charge in [-0.2, -0.15) is 0 Å². The molecule has 176 valence electrons. The van der Waals surface area contributed by atoms with Crippen LogP contribution in [0, 0.1) is 5.41 Å². The molecule has 5 nitrogen and oxygen atoms in total. The van der Waals surface area contributed by atoms with Crippen molar-refractivity contribution in [2.24, 2.45) is 5.41 Å². The fourth-order valence-electron chi connectivity index (χ4n) is 6.60. The quantitative estimate of drug-likeness (QED) is 0.651. The van der Waals surface area contributed by atoms with Crippen molar-refractivity contribution in [3.8, 4) is 0 Å². The van der Waals surface area contributed by atoms with Crippen LogP contribution in [-0.4, -0.2) is 66.9 Å². The molecule has 1 unspecified atom stereocenters. The van der Waals surface area contributed by atoms with Gasteiger partial charge in [0, 0.05) is 37.1 Å². The minimum atomic E-state index is -0.411. The molecule has 1 saturated carbocycles. The zero-order valence-corrected chi connectivity index (χ0v) is 20.1. The SMILES string of the molecule is CC(C)(C)OC(=O)N1CC2(CC[C@@H](N3CCC(c4ccccc4C4CCOC4)CC3)C2)C1. The van der Waals surface area contributed by atoms with Crippen molar-refractivity contribution < 1.29 is 14.3 Å². The minimum Gasteiger partial charge on any atom is -0.444 e. The summed E-state index contributed by atoms with van der Waals surface area (Å²) in [5.74, 6) is 1.27. The van der Waals surface area contributed by atoms with Crippen molar-refractivity contribution in [2.75, 3.05) is 39.4 Å². The maximum absolute atomic E-state index is 12.3. The van der Waals surface area contributed by atoms with Crippen LogP contribution in [0.3, 0.4) is 0 Å². The van der Waals surface area contributed by atoms with Gasteiger partial charge in [0.2, 0.25) is 0 Å². The third kappa shape index (κ3) is 4.56. The lowest BCUT2D eigenvalue weighted by Crippen LogP contribution is -2.58. The average Bonchev–Trinajstić information content (AvgIpc) is 3.42. The molecule has 4 fully saturated rings. The monoisotopic (exact) mass is 440 g/mol. The highest BCUT2D eigenvalue weighted by molar-refractivity contribution is 5.69. The highest BCUT2D eigenvalue weighted by atomic mass is 16.6. The van der Waals surface area contributed by atoms with Gasteiger partial charge in [-0.05, 0) is 89.4 Å². The summed E-state index contributed by atoms with van der Waals surface area (Å²) in [6.45, 7) is 11.8. The zero-order valence-electron chi connectivity index (χ0n) is 20.1. The van der Waals surface area contributed by atoms with E-state index in [4.69, 9.17) is 9.47 Å². The third-order valence-electron chi connectivity index (χ3n) is 8.23. The van der Waals surface area contributed by atoms with Crippen molar-refractivity contribution in [3.05, 3.63) is 35.4 Å². The van der Waals surface area contributed by atoms with Gasteiger partial charge in [-0.3, -0.25) is 0 Å². The van der Waals surface area contributed by atoms with Gasteiger partial charge in [0.15, 0.2) is 0 Å². The smallest absolute Gasteiger partial charge is 0.410 e. The number of hydrogen-bond acceptors (Lipinski definition) is 4. The van der Waals surface area contributed by atoms with Crippen molar-refractivity contribution >= 4 is 6.09 Å². The van der Waals surface area contributed by atoms with Gasteiger partial charge in [-0.15, -0.1) is 0 Å². The number of likely N-dealkylation sites (tertiary alicyclic amines) is 2. The Bertz CT molecular complexity index is 812. The van der Waals surface area contributed by atoms with Crippen LogP contribution in [-0.2, 0) is 9.47 Å². The molecule has 1 aliphatic carbocycles. The van der Waals surface area contributed by atoms with E-state index in [0.717, 1.165) is 26.3 Å². The number of ether oxygens (including phenoxy) is 2. The lowest BCUT2D eigenvalue weighted by molar-refractivity contribution is -0.0347. The predicted octanol–water partition coefficient (Wildman–Crippen LogP) is 5.16. The fourth-order valence-corrected chi connectivity index (χ4v) is 6.60. The molecular formula is C27H40N2O3. The number of benzene rings is 1. The number of carbonyl (C=O) groups excluding carboxylic acids is 1. The Morgan fingerprint density at radius 3 is 2.34 bits per heavy atom. The maximum Gasteiger partial charge on any atom is 0.410 e. The maximum atomic E-state index is 12.3. The molecule has 1 aromatic rings. The first-order valence-electron chi connectivity index (χ1n) is 12.7. The molecule has 0 aromatic heterocycles. The molecule has 1 amide bonds. The molecule has 32 heavy (non-hydrogen) atoms. The molecule has 0 bridgehead atoms. The van der Waals surface area contributed by atoms with E-state index < -0.39 is 5.60 Å². The standard InChI is InChI=1S/C27H40N2O3/c1-26(2,3)32-25(30)29-18-27(19-29)12-8-22(16-27)28-13-9-20(10-14-28)23-6-4-5-7-24(23)21-11-15-31-17-21/h4-7,20-22H,8-19H2,1-3H3/t21?,22-/m1/s1. The molecule has 2 atom stereocenters. The molecular weight excluding hydrogens is 400 g/mol. The molecule has 3 aliphatic heterocycles. The summed E-state index contributed by atoms with van der Waals surface area (Å²) in [5, 5.41) is 0. The Morgan fingerprint density at radius 1 is 1.03 bits per heavy atom. The summed E-state index contributed by atoms with van der Waals surface area (Å²) >= 11 is 0. The Hall–Kier alpha value is -1.59. The topological polar surface area (TPSA) is 42.0 Å². The zero-order chi connectivity index (χ0) is 22.3. The lowest BCUT2D eigenvalue weighted by Gasteiger charge is -2.48. The van der Waals surface area contributed by atoms with E-state index in [2.05, 4.69) is 29.2 Å². The van der Waals surface area contributed by atoms with Gasteiger partial charge in [-0.25, -0.2) is 4.79 Å². The predicted molar refractivity (Wildman–Crippen MR) is 126 cm³/mol. The number of rotatable bonds is 3. The molecule has 4 aliphatic rings. The third-order valence-corrected chi connectivity index (χ3v) is 8.23. The summed E-state index contributed by atoms with van der Waals surface area (Å²) in [6.07, 6.45) is 7.33. The number of amides is 1. The number of hydrogen-bond donors (Lipinski definition) is 0. The van der Waals surface area contributed by atoms with Crippen LogP contribution in [0.4, 0.5) is 4.79 Å². The summed E-state index contributed by atoms with van der Waals surface area (Å²) < 4.78 is 11.2. The number of nitrogens with zero attached hydrogens (tertiary/aromatic N) is 2. The largest absolute Gasteiger partial charge is 0.444 e. The molecule has 0 N–H and O–H groups in total. The van der Waals surface area contributed by atoms with E-state index in [1.165, 1.54) is 51.6 Å². The fraction of sp³-hybridized carbons (Fsp3) is 0.741. The van der Waals surface area contributed by atoms with Gasteiger partial charge >= 0.3 is 6.09 Å². The van der Waals surface area contributed by atoms with Crippen LogP contribution in [0.5, 0.6) is 0 Å². The molecule has 5 heteroatoms. The van der Waals surface area contributed by atoms with Crippen LogP contribution in [0.1, 0.15) is 82.3 Å². The van der Waals surface area contributed by atoms with Crippen LogP contribution >= 0.6 is 0 Å². The second-order valence-corrected chi connectivity index (χ2v) is 11.7. The van der Waals surface area contributed by atoms with Crippen LogP contribution in [0.25, 0.3) is 0 Å². The number of carbonyl (C=O) groups is 1. The van der Waals surface area contributed by atoms with Crippen molar-refractivity contribution in [1.82, 2.24) is 9.80 Å². The first kappa shape index (κ1) is 22.2. The summed E-state index contributed by atoms with van der Waals surface area (Å²) in [4.78, 5) is 17.0. The van der Waals surface area contributed by atoms with E-state index in [-0.39, 0.29) is 6.09 Å². The molecule has 5 rings (SSSR count).